The average molecular weight is 754 g/mol. The summed E-state index contributed by atoms with van der Waals surface area (Å²) in [6.45, 7) is 3.26. The van der Waals surface area contributed by atoms with Crippen LogP contribution in [0.3, 0.4) is 0 Å². The third kappa shape index (κ3) is 4.49. The van der Waals surface area contributed by atoms with Gasteiger partial charge in [0.2, 0.25) is 22.6 Å². The summed E-state index contributed by atoms with van der Waals surface area (Å²) < 4.78 is 11.6. The maximum atomic E-state index is 5.57. The average Bonchev–Trinajstić information content (AvgIpc) is 3.96. The molecule has 0 unspecified atom stereocenters. The highest BCUT2D eigenvalue weighted by atomic mass is 15.7. The molecule has 12 nitrogen and oxygen atoms in total. The van der Waals surface area contributed by atoms with Crippen LogP contribution in [0.25, 0.3) is 21.5 Å². The number of amidine groups is 4. The van der Waals surface area contributed by atoms with Gasteiger partial charge >= 0.3 is 5.91 Å². The van der Waals surface area contributed by atoms with E-state index in [1.54, 1.807) is 0 Å². The first kappa shape index (κ1) is 33.1. The predicted molar refractivity (Wildman–Crippen MR) is 217 cm³/mol. The van der Waals surface area contributed by atoms with E-state index in [-0.39, 0.29) is 0 Å². The smallest absolute Gasteiger partial charge is 0.264 e. The molecule has 0 saturated carbocycles. The normalized spacial score (nSPS) is 18.3. The SMILES string of the molecule is CCCCCCCCCCCCCCCC[n+]1ccc2c(c1)C1=Nc3c4ccncc4c4n3[C@]35n6c(c7ccncc7c6=NC2=[N+]13)=NC1=[N+]5C(=N4)c2ccncc21. The van der Waals surface area contributed by atoms with Crippen LogP contribution in [-0.4, -0.2) is 56.6 Å². The highest BCUT2D eigenvalue weighted by Crippen LogP contribution is 2.52. The minimum atomic E-state index is -1.03. The predicted octanol–water partition coefficient (Wildman–Crippen LogP) is 6.66. The third-order valence-electron chi connectivity index (χ3n) is 12.9. The van der Waals surface area contributed by atoms with E-state index in [2.05, 4.69) is 81.4 Å². The van der Waals surface area contributed by atoms with Crippen LogP contribution in [0.15, 0.2) is 93.8 Å². The first-order valence-electron chi connectivity index (χ1n) is 21.2. The summed E-state index contributed by atoms with van der Waals surface area (Å²) in [6, 6.07) is 8.42. The summed E-state index contributed by atoms with van der Waals surface area (Å²) in [5, 5.41) is 3.92. The van der Waals surface area contributed by atoms with Gasteiger partial charge in [0, 0.05) is 49.7 Å². The Hall–Kier alpha value is -6.04. The maximum Gasteiger partial charge on any atom is 0.404 e. The molecule has 282 valence electrons. The number of aromatic nitrogens is 6. The van der Waals surface area contributed by atoms with E-state index in [0.29, 0.717) is 0 Å². The second kappa shape index (κ2) is 12.7. The molecule has 0 bridgehead atoms. The number of rotatable bonds is 15. The van der Waals surface area contributed by atoms with Crippen molar-refractivity contribution in [1.82, 2.24) is 24.1 Å². The molecular weight excluding hydrogens is 709 g/mol. The van der Waals surface area contributed by atoms with Crippen molar-refractivity contribution >= 4 is 56.5 Å². The number of nitrogens with zero attached hydrogens (tertiary/aromatic N) is 12. The lowest BCUT2D eigenvalue weighted by Gasteiger charge is -2.40. The van der Waals surface area contributed by atoms with E-state index in [1.807, 2.05) is 37.2 Å². The number of pyridine rings is 4. The number of unbranched alkanes of at least 4 members (excludes halogenated alkanes) is 13. The van der Waals surface area contributed by atoms with Crippen molar-refractivity contribution < 1.29 is 13.7 Å². The molecule has 0 radical (unpaired) electrons. The first-order chi connectivity index (χ1) is 28.3. The molecule has 1 atom stereocenters. The van der Waals surface area contributed by atoms with Crippen molar-refractivity contribution in [3.8, 4) is 0 Å². The molecule has 12 heteroatoms. The molecule has 6 aliphatic rings. The van der Waals surface area contributed by atoms with Crippen molar-refractivity contribution in [3.63, 3.8) is 0 Å². The molecule has 6 aromatic heterocycles. The van der Waals surface area contributed by atoms with Crippen LogP contribution in [0.1, 0.15) is 119 Å². The number of aliphatic imine (C=N–C) groups is 2. The summed E-state index contributed by atoms with van der Waals surface area (Å²) in [4.78, 5) is 35.7. The van der Waals surface area contributed by atoms with Crippen LogP contribution in [0.2, 0.25) is 0 Å². The minimum absolute atomic E-state index is 0.811. The van der Waals surface area contributed by atoms with E-state index in [0.717, 1.165) is 103 Å². The van der Waals surface area contributed by atoms with Crippen molar-refractivity contribution in [1.29, 1.82) is 0 Å². The number of fused-ring (bicyclic) bond motifs is 12. The summed E-state index contributed by atoms with van der Waals surface area (Å²) in [5.74, 6) is 3.99. The molecule has 0 saturated heterocycles. The lowest BCUT2D eigenvalue weighted by Crippen LogP contribution is -2.71. The van der Waals surface area contributed by atoms with Gasteiger partial charge < -0.3 is 0 Å². The number of aryl methyl sites for hydroxylation is 1. The van der Waals surface area contributed by atoms with Crippen LogP contribution in [0, 0.1) is 0 Å². The Kier molecular flexibility index (Phi) is 7.40. The van der Waals surface area contributed by atoms with Crippen molar-refractivity contribution in [2.45, 2.75) is 109 Å². The van der Waals surface area contributed by atoms with Crippen molar-refractivity contribution in [3.05, 3.63) is 107 Å². The number of hydrogen-bond donors (Lipinski definition) is 0. The Bertz CT molecular complexity index is 2980. The van der Waals surface area contributed by atoms with E-state index in [9.17, 15) is 0 Å². The van der Waals surface area contributed by atoms with Crippen LogP contribution < -0.4 is 15.5 Å². The highest BCUT2D eigenvalue weighted by Gasteiger charge is 2.69. The van der Waals surface area contributed by atoms with Gasteiger partial charge in [-0.05, 0) is 24.6 Å². The van der Waals surface area contributed by atoms with Crippen LogP contribution >= 0.6 is 0 Å². The Labute approximate surface area is 329 Å². The zero-order valence-electron chi connectivity index (χ0n) is 32.4. The van der Waals surface area contributed by atoms with Gasteiger partial charge in [-0.3, -0.25) is 15.0 Å². The fraction of sp³-hybridized carbons (Fsp3) is 0.378. The third-order valence-corrected chi connectivity index (χ3v) is 12.9. The van der Waals surface area contributed by atoms with Gasteiger partial charge in [-0.1, -0.05) is 104 Å². The van der Waals surface area contributed by atoms with Crippen LogP contribution in [0.4, 0.5) is 11.6 Å². The molecule has 6 aliphatic heterocycles. The molecule has 57 heavy (non-hydrogen) atoms. The van der Waals surface area contributed by atoms with Gasteiger partial charge in [0.25, 0.3) is 23.3 Å². The molecule has 0 fully saturated rings. The highest BCUT2D eigenvalue weighted by molar-refractivity contribution is 6.20. The fourth-order valence-corrected chi connectivity index (χ4v) is 10.2. The van der Waals surface area contributed by atoms with Gasteiger partial charge in [0.1, 0.15) is 12.1 Å². The maximum absolute atomic E-state index is 5.57. The first-order valence-corrected chi connectivity index (χ1v) is 21.2. The Morgan fingerprint density at radius 1 is 0.509 bits per heavy atom. The summed E-state index contributed by atoms with van der Waals surface area (Å²) >= 11 is 0. The molecule has 0 aromatic carbocycles. The summed E-state index contributed by atoms with van der Waals surface area (Å²) in [5.41, 5.74) is 5.74. The van der Waals surface area contributed by atoms with E-state index in [4.69, 9.17) is 20.0 Å². The second-order valence-corrected chi connectivity index (χ2v) is 16.3. The van der Waals surface area contributed by atoms with E-state index < -0.39 is 5.91 Å². The molecule has 12 rings (SSSR count). The van der Waals surface area contributed by atoms with Crippen molar-refractivity contribution in [2.75, 3.05) is 0 Å². The van der Waals surface area contributed by atoms with Gasteiger partial charge in [-0.2, -0.15) is 9.13 Å². The molecular formula is C45H45N12+3. The topological polar surface area (TPSA) is 108 Å². The van der Waals surface area contributed by atoms with Crippen LogP contribution in [0.5, 0.6) is 0 Å². The summed E-state index contributed by atoms with van der Waals surface area (Å²) in [6.07, 6.45) is 34.8. The Morgan fingerprint density at radius 3 is 1.82 bits per heavy atom. The van der Waals surface area contributed by atoms with Gasteiger partial charge in [-0.15, -0.1) is 9.15 Å². The quantitative estimate of drug-likeness (QED) is 0.0865. The largest absolute Gasteiger partial charge is 0.404 e. The number of hydrogen-bond acceptors (Lipinski definition) is 7. The van der Waals surface area contributed by atoms with Crippen molar-refractivity contribution in [2.24, 2.45) is 20.0 Å². The standard InChI is InChI=1S/C45H45N12/c1-2-3-4-5-6-7-8-9-10-11-12-13-14-15-23-53-24-19-32-36(28-53)44-52-39-31-18-22-48-27-35(31)42-50-37-29-16-20-46-25-33(29)41-49-38-30-17-21-47-26-34(30)43-51-40(32)57(44)45(54(37)41,55(38)43)56(39)42/h16-22,24-28H,2-15,23H2,1H3/q+3/t45-/m0/s1. The zero-order chi connectivity index (χ0) is 37.7. The lowest BCUT2D eigenvalue weighted by molar-refractivity contribution is -0.790. The van der Waals surface area contributed by atoms with Gasteiger partial charge in [-0.25, -0.2) is 4.57 Å². The fourth-order valence-electron chi connectivity index (χ4n) is 10.2. The minimum Gasteiger partial charge on any atom is -0.264 e. The van der Waals surface area contributed by atoms with E-state index >= 15 is 0 Å². The molecule has 0 amide bonds. The van der Waals surface area contributed by atoms with Gasteiger partial charge in [0.05, 0.1) is 38.2 Å². The Balaban J connectivity index is 0.913. The monoisotopic (exact) mass is 753 g/mol. The van der Waals surface area contributed by atoms with E-state index in [1.165, 1.54) is 83.5 Å². The molecule has 1 spiro atoms. The molecule has 6 aromatic rings. The summed E-state index contributed by atoms with van der Waals surface area (Å²) in [7, 11) is 0. The molecule has 0 N–H and O–H groups in total. The van der Waals surface area contributed by atoms with Gasteiger partial charge in [0.15, 0.2) is 12.4 Å². The molecule has 0 aliphatic carbocycles. The van der Waals surface area contributed by atoms with Crippen LogP contribution in [-0.2, 0) is 12.5 Å². The Morgan fingerprint density at radius 2 is 1.09 bits per heavy atom. The zero-order valence-corrected chi connectivity index (χ0v) is 32.4. The second-order valence-electron chi connectivity index (χ2n) is 16.3. The molecule has 12 heterocycles. The lowest BCUT2D eigenvalue weighted by atomic mass is 10.0.